The van der Waals surface area contributed by atoms with Crippen LogP contribution < -0.4 is 0 Å². The molecule has 0 aromatic rings. The van der Waals surface area contributed by atoms with E-state index >= 15 is 0 Å². The summed E-state index contributed by atoms with van der Waals surface area (Å²) in [6.45, 7) is 11.5. The van der Waals surface area contributed by atoms with E-state index in [4.69, 9.17) is 14.2 Å². The summed E-state index contributed by atoms with van der Waals surface area (Å²) in [6, 6.07) is 0. The highest BCUT2D eigenvalue weighted by atomic mass is 16.6. The minimum atomic E-state index is -0.763. The van der Waals surface area contributed by atoms with Gasteiger partial charge in [-0.3, -0.25) is 14.4 Å². The topological polar surface area (TPSA) is 78.9 Å². The third kappa shape index (κ3) is 55.7. The van der Waals surface area contributed by atoms with Crippen molar-refractivity contribution in [1.29, 1.82) is 0 Å². The highest BCUT2D eigenvalue weighted by Crippen LogP contribution is 2.19. The zero-order valence-corrected chi connectivity index (χ0v) is 48.2. The smallest absolute Gasteiger partial charge is 0.306 e. The third-order valence-electron chi connectivity index (χ3n) is 15.1. The SMILES string of the molecule is CCCCCCCCCCCCCCCC(=O)O[C@@H](COC(=O)CCCCCCCCCCCCCCCCCCCCC(C)CC)COC(=O)CCCCCCCCCCCCCCCCC(C)C. The second kappa shape index (κ2) is 56.7. The highest BCUT2D eigenvalue weighted by molar-refractivity contribution is 5.71. The Labute approximate surface area is 438 Å². The van der Waals surface area contributed by atoms with E-state index in [0.29, 0.717) is 19.3 Å². The van der Waals surface area contributed by atoms with Gasteiger partial charge in [0.2, 0.25) is 0 Å². The van der Waals surface area contributed by atoms with Crippen LogP contribution in [0, 0.1) is 11.8 Å². The highest BCUT2D eigenvalue weighted by Gasteiger charge is 2.19. The molecule has 416 valence electrons. The molecule has 0 spiro atoms. The zero-order valence-electron chi connectivity index (χ0n) is 48.2. The Morgan fingerprint density at radius 1 is 0.300 bits per heavy atom. The maximum Gasteiger partial charge on any atom is 0.306 e. The molecule has 0 aromatic heterocycles. The van der Waals surface area contributed by atoms with Crippen molar-refractivity contribution in [2.24, 2.45) is 11.8 Å². The quantitative estimate of drug-likeness (QED) is 0.0343. The van der Waals surface area contributed by atoms with E-state index in [0.717, 1.165) is 69.6 Å². The van der Waals surface area contributed by atoms with Gasteiger partial charge in [-0.2, -0.15) is 0 Å². The van der Waals surface area contributed by atoms with Crippen molar-refractivity contribution in [3.63, 3.8) is 0 Å². The van der Waals surface area contributed by atoms with Crippen LogP contribution in [-0.4, -0.2) is 37.2 Å². The molecule has 6 heteroatoms. The van der Waals surface area contributed by atoms with Gasteiger partial charge in [-0.05, 0) is 31.1 Å². The van der Waals surface area contributed by atoms with Crippen molar-refractivity contribution >= 4 is 17.9 Å². The molecule has 2 atom stereocenters. The minimum Gasteiger partial charge on any atom is -0.462 e. The molecule has 0 fully saturated rings. The molecule has 6 nitrogen and oxygen atoms in total. The molecule has 0 aliphatic carbocycles. The van der Waals surface area contributed by atoms with Gasteiger partial charge in [-0.25, -0.2) is 0 Å². The lowest BCUT2D eigenvalue weighted by molar-refractivity contribution is -0.167. The number of hydrogen-bond acceptors (Lipinski definition) is 6. The summed E-state index contributed by atoms with van der Waals surface area (Å²) in [5.74, 6) is 0.923. The number of hydrogen-bond donors (Lipinski definition) is 0. The number of ether oxygens (including phenoxy) is 3. The lowest BCUT2D eigenvalue weighted by Crippen LogP contribution is -2.30. The Kier molecular flexibility index (Phi) is 55.4. The zero-order chi connectivity index (χ0) is 51.1. The van der Waals surface area contributed by atoms with Gasteiger partial charge in [0, 0.05) is 19.3 Å². The molecular formula is C64H124O6. The van der Waals surface area contributed by atoms with Crippen molar-refractivity contribution in [3.8, 4) is 0 Å². The first kappa shape index (κ1) is 68.4. The van der Waals surface area contributed by atoms with Crippen LogP contribution in [0.3, 0.4) is 0 Å². The fraction of sp³-hybridized carbons (Fsp3) is 0.953. The van der Waals surface area contributed by atoms with Gasteiger partial charge >= 0.3 is 17.9 Å². The number of carbonyl (C=O) groups excluding carboxylic acids is 3. The Balaban J connectivity index is 4.23. The predicted octanol–water partition coefficient (Wildman–Crippen LogP) is 21.2. The lowest BCUT2D eigenvalue weighted by atomic mass is 9.99. The molecule has 0 heterocycles. The first-order chi connectivity index (χ1) is 34.3. The second-order valence-electron chi connectivity index (χ2n) is 22.8. The number of unbranched alkanes of at least 4 members (excludes halogenated alkanes) is 42. The molecule has 0 bridgehead atoms. The average molecular weight is 990 g/mol. The van der Waals surface area contributed by atoms with Gasteiger partial charge in [-0.1, -0.05) is 324 Å². The van der Waals surface area contributed by atoms with E-state index in [9.17, 15) is 14.4 Å². The van der Waals surface area contributed by atoms with Gasteiger partial charge in [0.15, 0.2) is 6.10 Å². The second-order valence-corrected chi connectivity index (χ2v) is 22.8. The first-order valence-corrected chi connectivity index (χ1v) is 31.8. The minimum absolute atomic E-state index is 0.0619. The number of esters is 3. The number of carbonyl (C=O) groups is 3. The fourth-order valence-electron chi connectivity index (χ4n) is 9.90. The summed E-state index contributed by atoms with van der Waals surface area (Å²) in [6.07, 6.45) is 62.4. The molecule has 0 N–H and O–H groups in total. The van der Waals surface area contributed by atoms with Crippen LogP contribution in [-0.2, 0) is 28.6 Å². The summed E-state index contributed by atoms with van der Waals surface area (Å²) in [5, 5.41) is 0. The van der Waals surface area contributed by atoms with E-state index in [1.165, 1.54) is 250 Å². The van der Waals surface area contributed by atoms with Gasteiger partial charge < -0.3 is 14.2 Å². The van der Waals surface area contributed by atoms with Crippen LogP contribution in [0.5, 0.6) is 0 Å². The summed E-state index contributed by atoms with van der Waals surface area (Å²) >= 11 is 0. The molecule has 0 amide bonds. The van der Waals surface area contributed by atoms with Crippen LogP contribution >= 0.6 is 0 Å². The monoisotopic (exact) mass is 989 g/mol. The van der Waals surface area contributed by atoms with Crippen molar-refractivity contribution < 1.29 is 28.6 Å². The lowest BCUT2D eigenvalue weighted by Gasteiger charge is -2.18. The van der Waals surface area contributed by atoms with Crippen LogP contribution in [0.4, 0.5) is 0 Å². The number of rotatable bonds is 58. The molecule has 0 aliphatic rings. The molecule has 70 heavy (non-hydrogen) atoms. The van der Waals surface area contributed by atoms with Crippen molar-refractivity contribution in [2.75, 3.05) is 13.2 Å². The van der Waals surface area contributed by atoms with Crippen molar-refractivity contribution in [2.45, 2.75) is 368 Å². The standard InChI is InChI=1S/C64H124O6/c1-6-8-9-10-11-12-13-22-31-36-41-46-51-56-64(67)70-61(58-69-63(66)55-50-45-40-35-30-26-21-20-23-27-32-37-42-47-52-59(3)4)57-68-62(65)54-49-44-39-34-29-25-19-17-15-14-16-18-24-28-33-38-43-48-53-60(5)7-2/h59-61H,6-58H2,1-5H3/t60?,61-/m0/s1. The summed E-state index contributed by atoms with van der Waals surface area (Å²) in [4.78, 5) is 38.3. The molecule has 1 unspecified atom stereocenters. The van der Waals surface area contributed by atoms with Crippen molar-refractivity contribution in [1.82, 2.24) is 0 Å². The van der Waals surface area contributed by atoms with Crippen molar-refractivity contribution in [3.05, 3.63) is 0 Å². The van der Waals surface area contributed by atoms with Gasteiger partial charge in [0.05, 0.1) is 0 Å². The third-order valence-corrected chi connectivity index (χ3v) is 15.1. The summed E-state index contributed by atoms with van der Waals surface area (Å²) in [5.41, 5.74) is 0. The largest absolute Gasteiger partial charge is 0.462 e. The Morgan fingerprint density at radius 2 is 0.543 bits per heavy atom. The van der Waals surface area contributed by atoms with E-state index in [2.05, 4.69) is 34.6 Å². The van der Waals surface area contributed by atoms with Gasteiger partial charge in [-0.15, -0.1) is 0 Å². The molecule has 0 rings (SSSR count). The fourth-order valence-corrected chi connectivity index (χ4v) is 9.90. The maximum absolute atomic E-state index is 12.9. The molecular weight excluding hydrogens is 865 g/mol. The van der Waals surface area contributed by atoms with Crippen LogP contribution in [0.15, 0.2) is 0 Å². The predicted molar refractivity (Wildman–Crippen MR) is 303 cm³/mol. The van der Waals surface area contributed by atoms with E-state index in [1.807, 2.05) is 0 Å². The van der Waals surface area contributed by atoms with E-state index in [-0.39, 0.29) is 31.1 Å². The molecule has 0 aliphatic heterocycles. The molecule has 0 radical (unpaired) electrons. The van der Waals surface area contributed by atoms with E-state index < -0.39 is 6.10 Å². The maximum atomic E-state index is 12.9. The van der Waals surface area contributed by atoms with Crippen LogP contribution in [0.1, 0.15) is 362 Å². The summed E-state index contributed by atoms with van der Waals surface area (Å²) in [7, 11) is 0. The van der Waals surface area contributed by atoms with Crippen LogP contribution in [0.2, 0.25) is 0 Å². The Bertz CT molecular complexity index is 1070. The molecule has 0 saturated carbocycles. The molecule has 0 aromatic carbocycles. The van der Waals surface area contributed by atoms with Gasteiger partial charge in [0.1, 0.15) is 13.2 Å². The Morgan fingerprint density at radius 3 is 0.814 bits per heavy atom. The van der Waals surface area contributed by atoms with E-state index in [1.54, 1.807) is 0 Å². The Hall–Kier alpha value is -1.59. The average Bonchev–Trinajstić information content (AvgIpc) is 3.35. The first-order valence-electron chi connectivity index (χ1n) is 31.8. The van der Waals surface area contributed by atoms with Crippen LogP contribution in [0.25, 0.3) is 0 Å². The molecule has 0 saturated heterocycles. The van der Waals surface area contributed by atoms with Gasteiger partial charge in [0.25, 0.3) is 0 Å². The normalized spacial score (nSPS) is 12.4. The summed E-state index contributed by atoms with van der Waals surface area (Å²) < 4.78 is 16.9.